The summed E-state index contributed by atoms with van der Waals surface area (Å²) in [5, 5.41) is 3.06. The second-order valence-electron chi connectivity index (χ2n) is 7.43. The van der Waals surface area contributed by atoms with Gasteiger partial charge >= 0.3 is 0 Å². The topological polar surface area (TPSA) is 63.9 Å². The molecular formula is C22H30N2O4. The molecule has 0 unspecified atom stereocenters. The Morgan fingerprint density at radius 1 is 1.18 bits per heavy atom. The lowest BCUT2D eigenvalue weighted by atomic mass is 9.96. The largest absolute Gasteiger partial charge is 0.497 e. The molecular weight excluding hydrogens is 356 g/mol. The minimum Gasteiger partial charge on any atom is -0.497 e. The van der Waals surface area contributed by atoms with Crippen LogP contribution >= 0.6 is 0 Å². The van der Waals surface area contributed by atoms with Crippen LogP contribution in [0.3, 0.4) is 0 Å². The van der Waals surface area contributed by atoms with E-state index in [1.165, 1.54) is 5.56 Å². The van der Waals surface area contributed by atoms with Gasteiger partial charge in [0.25, 0.3) is 5.91 Å². The zero-order valence-electron chi connectivity index (χ0n) is 17.2. The number of nitrogens with zero attached hydrogens (tertiary/aromatic N) is 1. The molecule has 1 saturated heterocycles. The summed E-state index contributed by atoms with van der Waals surface area (Å²) in [4.78, 5) is 15.0. The number of piperidine rings is 1. The number of amides is 1. The van der Waals surface area contributed by atoms with Gasteiger partial charge in [-0.1, -0.05) is 0 Å². The first kappa shape index (κ1) is 20.3. The van der Waals surface area contributed by atoms with Gasteiger partial charge in [0.1, 0.15) is 23.0 Å². The number of carbonyl (C=O) groups is 1. The first-order chi connectivity index (χ1) is 13.5. The van der Waals surface area contributed by atoms with Gasteiger partial charge in [0, 0.05) is 24.7 Å². The molecule has 0 radical (unpaired) electrons. The lowest BCUT2D eigenvalue weighted by Crippen LogP contribution is -2.38. The van der Waals surface area contributed by atoms with Crippen LogP contribution < -0.4 is 14.8 Å². The lowest BCUT2D eigenvalue weighted by molar-refractivity contribution is 0.0932. The molecule has 2 aromatic rings. The maximum atomic E-state index is 12.6. The van der Waals surface area contributed by atoms with Crippen LogP contribution in [0.4, 0.5) is 0 Å². The van der Waals surface area contributed by atoms with Crippen LogP contribution in [0, 0.1) is 19.8 Å². The number of methoxy groups -OCH3 is 2. The quantitative estimate of drug-likeness (QED) is 0.788. The number of benzene rings is 1. The van der Waals surface area contributed by atoms with Crippen LogP contribution in [0.5, 0.6) is 11.5 Å². The summed E-state index contributed by atoms with van der Waals surface area (Å²) in [6.45, 7) is 7.71. The highest BCUT2D eigenvalue weighted by molar-refractivity contribution is 5.97. The molecule has 2 heterocycles. The fourth-order valence-corrected chi connectivity index (χ4v) is 3.75. The van der Waals surface area contributed by atoms with Gasteiger partial charge in [0.15, 0.2) is 0 Å². The lowest BCUT2D eigenvalue weighted by Gasteiger charge is -2.31. The number of likely N-dealkylation sites (tertiary alicyclic amines) is 1. The first-order valence-corrected chi connectivity index (χ1v) is 9.78. The molecule has 0 spiro atoms. The van der Waals surface area contributed by atoms with Crippen molar-refractivity contribution in [2.45, 2.75) is 33.2 Å². The van der Waals surface area contributed by atoms with Crippen molar-refractivity contribution < 1.29 is 18.7 Å². The number of aryl methyl sites for hydroxylation is 2. The fraction of sp³-hybridized carbons (Fsp3) is 0.500. The molecule has 1 aromatic heterocycles. The molecule has 1 aliphatic rings. The number of rotatable bonds is 7. The summed E-state index contributed by atoms with van der Waals surface area (Å²) in [7, 11) is 3.15. The van der Waals surface area contributed by atoms with Gasteiger partial charge in [-0.15, -0.1) is 0 Å². The van der Waals surface area contributed by atoms with E-state index in [0.29, 0.717) is 29.5 Å². The van der Waals surface area contributed by atoms with Crippen molar-refractivity contribution in [2.24, 2.45) is 5.92 Å². The third-order valence-electron chi connectivity index (χ3n) is 5.45. The fourth-order valence-electron chi connectivity index (χ4n) is 3.75. The number of nitrogens with one attached hydrogen (secondary N) is 1. The Morgan fingerprint density at radius 2 is 1.93 bits per heavy atom. The van der Waals surface area contributed by atoms with Crippen molar-refractivity contribution in [3.8, 4) is 11.5 Å². The molecule has 28 heavy (non-hydrogen) atoms. The number of furan rings is 1. The van der Waals surface area contributed by atoms with Crippen molar-refractivity contribution >= 4 is 5.91 Å². The number of carbonyl (C=O) groups excluding carboxylic acids is 1. The van der Waals surface area contributed by atoms with Crippen LogP contribution in [-0.2, 0) is 6.54 Å². The molecule has 1 amide bonds. The monoisotopic (exact) mass is 386 g/mol. The molecule has 6 nitrogen and oxygen atoms in total. The summed E-state index contributed by atoms with van der Waals surface area (Å²) in [6.07, 6.45) is 2.16. The van der Waals surface area contributed by atoms with E-state index in [1.54, 1.807) is 32.4 Å². The van der Waals surface area contributed by atoms with Crippen LogP contribution in [0.25, 0.3) is 0 Å². The van der Waals surface area contributed by atoms with Crippen molar-refractivity contribution in [2.75, 3.05) is 33.9 Å². The maximum Gasteiger partial charge on any atom is 0.255 e. The minimum atomic E-state index is -0.105. The highest BCUT2D eigenvalue weighted by Crippen LogP contribution is 2.25. The zero-order valence-corrected chi connectivity index (χ0v) is 17.2. The van der Waals surface area contributed by atoms with Gasteiger partial charge in [0.05, 0.1) is 19.8 Å². The average molecular weight is 386 g/mol. The Kier molecular flexibility index (Phi) is 6.62. The van der Waals surface area contributed by atoms with Gasteiger partial charge in [-0.2, -0.15) is 0 Å². The number of hydrogen-bond donors (Lipinski definition) is 1. The van der Waals surface area contributed by atoms with Crippen LogP contribution in [0.1, 0.15) is 40.3 Å². The average Bonchev–Trinajstić information content (AvgIpc) is 3.03. The first-order valence-electron chi connectivity index (χ1n) is 9.78. The van der Waals surface area contributed by atoms with E-state index in [0.717, 1.165) is 44.0 Å². The van der Waals surface area contributed by atoms with Crippen LogP contribution in [0.2, 0.25) is 0 Å². The SMILES string of the molecule is COc1ccc(C(=O)NCC2CCN(Cc3cc(C)oc3C)CC2)c(OC)c1. The van der Waals surface area contributed by atoms with E-state index in [-0.39, 0.29) is 5.91 Å². The normalized spacial score (nSPS) is 15.4. The molecule has 3 rings (SSSR count). The third kappa shape index (κ3) is 4.87. The second-order valence-corrected chi connectivity index (χ2v) is 7.43. The van der Waals surface area contributed by atoms with Crippen molar-refractivity contribution in [1.29, 1.82) is 0 Å². The van der Waals surface area contributed by atoms with Crippen molar-refractivity contribution in [3.63, 3.8) is 0 Å². The predicted octanol–water partition coefficient (Wildman–Crippen LogP) is 3.56. The molecule has 1 N–H and O–H groups in total. The molecule has 1 fully saturated rings. The summed E-state index contributed by atoms with van der Waals surface area (Å²) in [5.74, 6) is 3.57. The van der Waals surface area contributed by atoms with Crippen LogP contribution in [0.15, 0.2) is 28.7 Å². The van der Waals surface area contributed by atoms with Gasteiger partial charge in [-0.05, 0) is 63.9 Å². The Hall–Kier alpha value is -2.47. The molecule has 0 saturated carbocycles. The summed E-state index contributed by atoms with van der Waals surface area (Å²) in [5.41, 5.74) is 1.81. The molecule has 1 aliphatic heterocycles. The summed E-state index contributed by atoms with van der Waals surface area (Å²) >= 11 is 0. The number of ether oxygens (including phenoxy) is 2. The maximum absolute atomic E-state index is 12.6. The molecule has 0 aliphatic carbocycles. The van der Waals surface area contributed by atoms with E-state index in [4.69, 9.17) is 13.9 Å². The van der Waals surface area contributed by atoms with E-state index >= 15 is 0 Å². The van der Waals surface area contributed by atoms with Crippen molar-refractivity contribution in [1.82, 2.24) is 10.2 Å². The Bertz CT molecular complexity index is 807. The van der Waals surface area contributed by atoms with E-state index in [9.17, 15) is 4.79 Å². The van der Waals surface area contributed by atoms with Gasteiger partial charge in [0.2, 0.25) is 0 Å². The van der Waals surface area contributed by atoms with Gasteiger partial charge in [-0.3, -0.25) is 9.69 Å². The Morgan fingerprint density at radius 3 is 2.54 bits per heavy atom. The Balaban J connectivity index is 1.47. The van der Waals surface area contributed by atoms with Gasteiger partial charge < -0.3 is 19.2 Å². The molecule has 152 valence electrons. The predicted molar refractivity (Wildman–Crippen MR) is 108 cm³/mol. The minimum absolute atomic E-state index is 0.105. The third-order valence-corrected chi connectivity index (χ3v) is 5.45. The molecule has 0 bridgehead atoms. The summed E-state index contributed by atoms with van der Waals surface area (Å²) < 4.78 is 16.1. The van der Waals surface area contributed by atoms with E-state index in [1.807, 2.05) is 13.8 Å². The molecule has 1 aromatic carbocycles. The Labute approximate surface area is 166 Å². The van der Waals surface area contributed by atoms with Crippen LogP contribution in [-0.4, -0.2) is 44.7 Å². The second kappa shape index (κ2) is 9.15. The molecule has 6 heteroatoms. The van der Waals surface area contributed by atoms with E-state index < -0.39 is 0 Å². The summed E-state index contributed by atoms with van der Waals surface area (Å²) in [6, 6.07) is 7.37. The van der Waals surface area contributed by atoms with Gasteiger partial charge in [-0.25, -0.2) is 0 Å². The molecule has 0 atom stereocenters. The van der Waals surface area contributed by atoms with Crippen molar-refractivity contribution in [3.05, 3.63) is 46.9 Å². The standard InChI is InChI=1S/C22H30N2O4/c1-15-11-18(16(2)28-15)14-24-9-7-17(8-10-24)13-23-22(25)20-6-5-19(26-3)12-21(20)27-4/h5-6,11-12,17H,7-10,13-14H2,1-4H3,(H,23,25). The zero-order chi connectivity index (χ0) is 20.1. The number of hydrogen-bond acceptors (Lipinski definition) is 5. The highest BCUT2D eigenvalue weighted by Gasteiger charge is 2.22. The highest BCUT2D eigenvalue weighted by atomic mass is 16.5. The van der Waals surface area contributed by atoms with E-state index in [2.05, 4.69) is 16.3 Å². The smallest absolute Gasteiger partial charge is 0.255 e.